The van der Waals surface area contributed by atoms with Gasteiger partial charge in [0.1, 0.15) is 0 Å². The summed E-state index contributed by atoms with van der Waals surface area (Å²) < 4.78 is 18.0. The van der Waals surface area contributed by atoms with E-state index in [9.17, 15) is 14.7 Å². The number of fused-ring (bicyclic) bond motifs is 4. The molecular formula is C33H48O6. The van der Waals surface area contributed by atoms with E-state index in [4.69, 9.17) is 14.2 Å². The second-order valence-corrected chi connectivity index (χ2v) is 14.8. The van der Waals surface area contributed by atoms with Crippen LogP contribution in [0.25, 0.3) is 0 Å². The highest BCUT2D eigenvalue weighted by atomic mass is 16.7. The van der Waals surface area contributed by atoms with Crippen molar-refractivity contribution in [1.29, 1.82) is 0 Å². The van der Waals surface area contributed by atoms with Crippen LogP contribution in [0.5, 0.6) is 0 Å². The molecule has 6 nitrogen and oxygen atoms in total. The van der Waals surface area contributed by atoms with Gasteiger partial charge in [-0.25, -0.2) is 0 Å². The zero-order chi connectivity index (χ0) is 28.3. The maximum Gasteiger partial charge on any atom is 0.303 e. The fourth-order valence-corrected chi connectivity index (χ4v) is 11.6. The Bertz CT molecular complexity index is 1130. The third-order valence-corrected chi connectivity index (χ3v) is 13.6. The lowest BCUT2D eigenvalue weighted by Gasteiger charge is -2.61. The molecule has 5 fully saturated rings. The molecular weight excluding hydrogens is 492 g/mol. The summed E-state index contributed by atoms with van der Waals surface area (Å²) in [7, 11) is 1.63. The van der Waals surface area contributed by atoms with E-state index in [0.717, 1.165) is 25.7 Å². The second kappa shape index (κ2) is 8.51. The molecule has 0 aromatic heterocycles. The van der Waals surface area contributed by atoms with E-state index < -0.39 is 17.9 Å². The van der Waals surface area contributed by atoms with Crippen molar-refractivity contribution in [2.45, 2.75) is 98.1 Å². The number of ketones is 1. The maximum atomic E-state index is 12.6. The van der Waals surface area contributed by atoms with Crippen molar-refractivity contribution < 1.29 is 28.9 Å². The van der Waals surface area contributed by atoms with Crippen LogP contribution in [-0.2, 0) is 23.8 Å². The van der Waals surface area contributed by atoms with Gasteiger partial charge in [0.2, 0.25) is 5.79 Å². The third-order valence-electron chi connectivity index (χ3n) is 13.6. The molecule has 2 spiro atoms. The minimum Gasteiger partial charge on any atom is -0.456 e. The molecule has 13 atom stereocenters. The average Bonchev–Trinajstić information content (AvgIpc) is 3.47. The first kappa shape index (κ1) is 27.7. The summed E-state index contributed by atoms with van der Waals surface area (Å²) >= 11 is 0. The van der Waals surface area contributed by atoms with Crippen LogP contribution in [0.3, 0.4) is 0 Å². The molecule has 1 aliphatic heterocycles. The number of methoxy groups -OCH3 is 1. The van der Waals surface area contributed by atoms with E-state index >= 15 is 0 Å². The lowest BCUT2D eigenvalue weighted by molar-refractivity contribution is -0.314. The fraction of sp³-hybridized carbons (Fsp3) is 0.818. The molecule has 6 heteroatoms. The smallest absolute Gasteiger partial charge is 0.303 e. The molecule has 6 aliphatic rings. The molecule has 0 aromatic rings. The Hall–Kier alpha value is -1.50. The number of rotatable bonds is 5. The number of esters is 1. The van der Waals surface area contributed by atoms with Crippen molar-refractivity contribution in [3.63, 3.8) is 0 Å². The van der Waals surface area contributed by atoms with Gasteiger partial charge in [-0.3, -0.25) is 9.59 Å². The Labute approximate surface area is 233 Å². The molecule has 0 amide bonds. The monoisotopic (exact) mass is 540 g/mol. The summed E-state index contributed by atoms with van der Waals surface area (Å²) in [5.74, 6) is -0.863. The predicted molar refractivity (Wildman–Crippen MR) is 147 cm³/mol. The number of carbonyl (C=O) groups excluding carboxylic acids is 2. The van der Waals surface area contributed by atoms with E-state index in [-0.39, 0.29) is 51.4 Å². The van der Waals surface area contributed by atoms with Crippen molar-refractivity contribution >= 4 is 11.8 Å². The minimum atomic E-state index is -1.76. The lowest BCUT2D eigenvalue weighted by atomic mass is 9.43. The van der Waals surface area contributed by atoms with Crippen molar-refractivity contribution in [2.75, 3.05) is 13.7 Å². The van der Waals surface area contributed by atoms with Gasteiger partial charge in [-0.15, -0.1) is 0 Å². The van der Waals surface area contributed by atoms with Crippen molar-refractivity contribution in [3.05, 3.63) is 24.3 Å². The minimum absolute atomic E-state index is 0.0113. The predicted octanol–water partition coefficient (Wildman–Crippen LogP) is 5.48. The zero-order valence-corrected chi connectivity index (χ0v) is 24.9. The SMILES string of the molecule is C=C([C@@H](C)COC)C1(O)O[C@H]2C[C@@]3(C)[C@@H]4CC[C@H]5[C@H](C)C(=O)C=CC56CC46CC[C@]3(C)[C@H]2C(C)[C@H]1OC(C)=O. The van der Waals surface area contributed by atoms with Crippen LogP contribution in [0.4, 0.5) is 0 Å². The number of aliphatic hydroxyl groups is 1. The molecule has 39 heavy (non-hydrogen) atoms. The first-order valence-electron chi connectivity index (χ1n) is 15.2. The zero-order valence-electron chi connectivity index (χ0n) is 24.9. The number of hydrogen-bond acceptors (Lipinski definition) is 6. The molecule has 1 N–H and O–H groups in total. The first-order chi connectivity index (χ1) is 18.2. The molecule has 1 saturated heterocycles. The van der Waals surface area contributed by atoms with Crippen LogP contribution < -0.4 is 0 Å². The van der Waals surface area contributed by atoms with Gasteiger partial charge in [-0.05, 0) is 89.6 Å². The van der Waals surface area contributed by atoms with Gasteiger partial charge in [0, 0.05) is 31.8 Å². The van der Waals surface area contributed by atoms with Crippen LogP contribution in [0.2, 0.25) is 0 Å². The molecule has 0 bridgehead atoms. The number of carbonyl (C=O) groups is 2. The third kappa shape index (κ3) is 3.26. The van der Waals surface area contributed by atoms with Gasteiger partial charge in [0.05, 0.1) is 12.7 Å². The summed E-state index contributed by atoms with van der Waals surface area (Å²) in [6, 6.07) is 0. The molecule has 0 aromatic carbocycles. The Morgan fingerprint density at radius 2 is 1.95 bits per heavy atom. The highest BCUT2D eigenvalue weighted by Crippen LogP contribution is 2.87. The molecule has 4 unspecified atom stereocenters. The Kier molecular flexibility index (Phi) is 6.04. The van der Waals surface area contributed by atoms with E-state index in [1.807, 2.05) is 13.0 Å². The first-order valence-corrected chi connectivity index (χ1v) is 15.2. The highest BCUT2D eigenvalue weighted by molar-refractivity contribution is 5.93. The van der Waals surface area contributed by atoms with Crippen molar-refractivity contribution in [1.82, 2.24) is 0 Å². The summed E-state index contributed by atoms with van der Waals surface area (Å²) in [5.41, 5.74) is 0.943. The number of allylic oxidation sites excluding steroid dienone is 2. The molecule has 4 saturated carbocycles. The van der Waals surface area contributed by atoms with Crippen LogP contribution in [0.15, 0.2) is 24.3 Å². The standard InChI is InChI=1S/C33H48O6/c1-18(16-37-8)21(4)33(36)28(38-22(5)34)20(3)27-25(39-33)15-30(7)26-10-9-23-19(2)24(35)11-12-31(23)17-32(26,31)14-13-29(27,30)6/h11-12,18-20,23,25-28,36H,4,9-10,13-17H2,1-3,5-8H3/t18-,19-,20?,23-,25-,26-,27-,28+,29+,30-,31?,32?,33?/m0/s1. The normalized spacial score (nSPS) is 53.9. The Balaban J connectivity index is 1.38. The van der Waals surface area contributed by atoms with Gasteiger partial charge in [-0.2, -0.15) is 0 Å². The summed E-state index contributed by atoms with van der Waals surface area (Å²) in [5, 5.41) is 12.2. The largest absolute Gasteiger partial charge is 0.456 e. The van der Waals surface area contributed by atoms with E-state index in [1.165, 1.54) is 19.8 Å². The average molecular weight is 541 g/mol. The van der Waals surface area contributed by atoms with E-state index in [2.05, 4.69) is 40.3 Å². The Morgan fingerprint density at radius 1 is 1.23 bits per heavy atom. The number of hydrogen-bond donors (Lipinski definition) is 1. The Morgan fingerprint density at radius 3 is 2.62 bits per heavy atom. The van der Waals surface area contributed by atoms with Crippen LogP contribution in [0, 0.1) is 57.2 Å². The fourth-order valence-electron chi connectivity index (χ4n) is 11.6. The molecule has 5 aliphatic carbocycles. The van der Waals surface area contributed by atoms with Gasteiger partial charge in [-0.1, -0.05) is 47.3 Å². The topological polar surface area (TPSA) is 82.1 Å². The quantitative estimate of drug-likeness (QED) is 0.367. The highest BCUT2D eigenvalue weighted by Gasteiger charge is 2.82. The lowest BCUT2D eigenvalue weighted by Crippen LogP contribution is -2.63. The summed E-state index contributed by atoms with van der Waals surface area (Å²) in [6.45, 7) is 17.2. The van der Waals surface area contributed by atoms with Crippen LogP contribution in [-0.4, -0.2) is 48.6 Å². The van der Waals surface area contributed by atoms with Gasteiger partial charge in [0.15, 0.2) is 11.9 Å². The molecule has 6 rings (SSSR count). The number of ether oxygens (including phenoxy) is 3. The summed E-state index contributed by atoms with van der Waals surface area (Å²) in [4.78, 5) is 24.9. The second-order valence-electron chi connectivity index (χ2n) is 14.8. The molecule has 0 radical (unpaired) electrons. The summed E-state index contributed by atoms with van der Waals surface area (Å²) in [6.07, 6.45) is 9.82. The maximum absolute atomic E-state index is 12.6. The van der Waals surface area contributed by atoms with Crippen LogP contribution in [0.1, 0.15) is 80.1 Å². The van der Waals surface area contributed by atoms with Crippen molar-refractivity contribution in [3.8, 4) is 0 Å². The van der Waals surface area contributed by atoms with Crippen molar-refractivity contribution in [2.24, 2.45) is 57.2 Å². The molecule has 1 heterocycles. The molecule has 216 valence electrons. The van der Waals surface area contributed by atoms with Gasteiger partial charge >= 0.3 is 5.97 Å². The van der Waals surface area contributed by atoms with Gasteiger partial charge < -0.3 is 19.3 Å². The van der Waals surface area contributed by atoms with E-state index in [0.29, 0.717) is 29.8 Å². The van der Waals surface area contributed by atoms with Crippen LogP contribution >= 0.6 is 0 Å². The van der Waals surface area contributed by atoms with Gasteiger partial charge in [0.25, 0.3) is 0 Å². The van der Waals surface area contributed by atoms with E-state index in [1.54, 1.807) is 7.11 Å².